The Morgan fingerprint density at radius 1 is 1.29 bits per heavy atom. The molecule has 1 aromatic rings. The van der Waals surface area contributed by atoms with Crippen molar-refractivity contribution in [2.45, 2.75) is 52.1 Å². The van der Waals surface area contributed by atoms with Crippen molar-refractivity contribution in [2.24, 2.45) is 5.92 Å². The van der Waals surface area contributed by atoms with Gasteiger partial charge in [0.05, 0.1) is 17.1 Å². The van der Waals surface area contributed by atoms with E-state index in [-0.39, 0.29) is 16.7 Å². The number of non-ortho nitro benzene ring substituents is 1. The maximum atomic E-state index is 11.0. The van der Waals surface area contributed by atoms with E-state index in [0.717, 1.165) is 12.2 Å². The van der Waals surface area contributed by atoms with Gasteiger partial charge in [-0.25, -0.2) is 0 Å². The number of benzene rings is 1. The first-order valence-corrected chi connectivity index (χ1v) is 7.74. The summed E-state index contributed by atoms with van der Waals surface area (Å²) in [5.41, 5.74) is 0.838. The summed E-state index contributed by atoms with van der Waals surface area (Å²) in [7, 11) is 0. The molecule has 0 atom stereocenters. The molecule has 1 aromatic carbocycles. The summed E-state index contributed by atoms with van der Waals surface area (Å²) in [4.78, 5) is 10.6. The Morgan fingerprint density at radius 2 is 2.00 bits per heavy atom. The average Bonchev–Trinajstić information content (AvgIpc) is 2.45. The van der Waals surface area contributed by atoms with Crippen LogP contribution < -0.4 is 10.1 Å². The lowest BCUT2D eigenvalue weighted by Gasteiger charge is -2.22. The molecule has 0 amide bonds. The topological polar surface area (TPSA) is 64.4 Å². The van der Waals surface area contributed by atoms with Crippen LogP contribution in [-0.2, 0) is 0 Å². The number of hydrogen-bond acceptors (Lipinski definition) is 4. The molecule has 1 saturated carbocycles. The third-order valence-electron chi connectivity index (χ3n) is 3.79. The second kappa shape index (κ2) is 7.29. The van der Waals surface area contributed by atoms with Crippen LogP contribution in [0, 0.1) is 16.0 Å². The van der Waals surface area contributed by atoms with E-state index in [4.69, 9.17) is 4.74 Å². The largest absolute Gasteiger partial charge is 0.491 e. The van der Waals surface area contributed by atoms with Crippen LogP contribution in [0.1, 0.15) is 46.0 Å². The molecule has 0 saturated heterocycles. The van der Waals surface area contributed by atoms with Crippen molar-refractivity contribution in [2.75, 3.05) is 11.9 Å². The van der Waals surface area contributed by atoms with E-state index in [2.05, 4.69) is 5.32 Å². The van der Waals surface area contributed by atoms with Gasteiger partial charge in [0.2, 0.25) is 0 Å². The molecule has 0 spiro atoms. The number of nitrogens with one attached hydrogen (secondary N) is 1. The molecule has 2 rings (SSSR count). The van der Waals surface area contributed by atoms with Crippen molar-refractivity contribution in [3.8, 4) is 5.75 Å². The van der Waals surface area contributed by atoms with Gasteiger partial charge in [0.25, 0.3) is 5.69 Å². The lowest BCUT2D eigenvalue weighted by Crippen LogP contribution is -2.17. The number of nitro benzene ring substituents is 1. The molecular weight excluding hydrogens is 268 g/mol. The van der Waals surface area contributed by atoms with Crippen LogP contribution in [0.4, 0.5) is 11.4 Å². The zero-order valence-electron chi connectivity index (χ0n) is 12.8. The molecule has 0 bridgehead atoms. The second-order valence-electron chi connectivity index (χ2n) is 6.02. The molecule has 0 heterocycles. The van der Waals surface area contributed by atoms with Gasteiger partial charge in [-0.05, 0) is 32.6 Å². The third-order valence-corrected chi connectivity index (χ3v) is 3.79. The maximum Gasteiger partial charge on any atom is 0.275 e. The van der Waals surface area contributed by atoms with Crippen LogP contribution in [0.2, 0.25) is 0 Å². The van der Waals surface area contributed by atoms with E-state index in [1.807, 2.05) is 19.9 Å². The minimum absolute atomic E-state index is 0.00167. The van der Waals surface area contributed by atoms with E-state index < -0.39 is 0 Å². The standard InChI is InChI=1S/C16H24N2O3/c1-12(2)21-16-9-14(8-15(10-16)18(19)20)17-11-13-6-4-3-5-7-13/h8-10,12-13,17H,3-7,11H2,1-2H3. The Kier molecular flexibility index (Phi) is 5.42. The molecule has 1 N–H and O–H groups in total. The van der Waals surface area contributed by atoms with Gasteiger partial charge < -0.3 is 10.1 Å². The molecule has 5 heteroatoms. The lowest BCUT2D eigenvalue weighted by molar-refractivity contribution is -0.384. The first kappa shape index (κ1) is 15.6. The predicted octanol–water partition coefficient (Wildman–Crippen LogP) is 4.37. The summed E-state index contributed by atoms with van der Waals surface area (Å²) in [5.74, 6) is 1.22. The highest BCUT2D eigenvalue weighted by molar-refractivity contribution is 5.56. The zero-order valence-corrected chi connectivity index (χ0v) is 12.8. The van der Waals surface area contributed by atoms with E-state index >= 15 is 0 Å². The van der Waals surface area contributed by atoms with Gasteiger partial charge in [-0.15, -0.1) is 0 Å². The van der Waals surface area contributed by atoms with Gasteiger partial charge >= 0.3 is 0 Å². The molecule has 1 aliphatic rings. The number of rotatable bonds is 6. The van der Waals surface area contributed by atoms with Gasteiger partial charge in [-0.1, -0.05) is 19.3 Å². The molecule has 21 heavy (non-hydrogen) atoms. The van der Waals surface area contributed by atoms with Crippen molar-refractivity contribution in [1.82, 2.24) is 0 Å². The molecule has 0 aliphatic heterocycles. The summed E-state index contributed by atoms with van der Waals surface area (Å²) >= 11 is 0. The van der Waals surface area contributed by atoms with Gasteiger partial charge in [0.1, 0.15) is 5.75 Å². The Balaban J connectivity index is 2.05. The molecule has 116 valence electrons. The fraction of sp³-hybridized carbons (Fsp3) is 0.625. The Hall–Kier alpha value is -1.78. The van der Waals surface area contributed by atoms with Gasteiger partial charge in [0.15, 0.2) is 0 Å². The van der Waals surface area contributed by atoms with Crippen LogP contribution in [0.5, 0.6) is 5.75 Å². The molecule has 1 fully saturated rings. The van der Waals surface area contributed by atoms with Crippen LogP contribution in [0.25, 0.3) is 0 Å². The molecule has 0 aromatic heterocycles. The monoisotopic (exact) mass is 292 g/mol. The van der Waals surface area contributed by atoms with Gasteiger partial charge in [0, 0.05) is 24.4 Å². The van der Waals surface area contributed by atoms with Crippen LogP contribution in [0.15, 0.2) is 18.2 Å². The first-order chi connectivity index (χ1) is 10.0. The Labute approximate surface area is 125 Å². The maximum absolute atomic E-state index is 11.0. The molecular formula is C16H24N2O3. The number of ether oxygens (including phenoxy) is 1. The fourth-order valence-electron chi connectivity index (χ4n) is 2.78. The quantitative estimate of drug-likeness (QED) is 0.624. The second-order valence-corrected chi connectivity index (χ2v) is 6.02. The summed E-state index contributed by atoms with van der Waals surface area (Å²) < 4.78 is 5.59. The zero-order chi connectivity index (χ0) is 15.2. The number of anilines is 1. The van der Waals surface area contributed by atoms with E-state index in [9.17, 15) is 10.1 Å². The van der Waals surface area contributed by atoms with Gasteiger partial charge in [-0.2, -0.15) is 0 Å². The minimum Gasteiger partial charge on any atom is -0.491 e. The van der Waals surface area contributed by atoms with E-state index in [1.165, 1.54) is 38.2 Å². The van der Waals surface area contributed by atoms with Crippen LogP contribution in [-0.4, -0.2) is 17.6 Å². The summed E-state index contributed by atoms with van der Waals surface area (Å²) in [6.45, 7) is 4.70. The molecule has 5 nitrogen and oxygen atoms in total. The SMILES string of the molecule is CC(C)Oc1cc(NCC2CCCCC2)cc([N+](=O)[O-])c1. The Morgan fingerprint density at radius 3 is 2.62 bits per heavy atom. The van der Waals surface area contributed by atoms with Crippen LogP contribution in [0.3, 0.4) is 0 Å². The third kappa shape index (κ3) is 4.92. The van der Waals surface area contributed by atoms with Crippen LogP contribution >= 0.6 is 0 Å². The highest BCUT2D eigenvalue weighted by Gasteiger charge is 2.15. The minimum atomic E-state index is -0.376. The van der Waals surface area contributed by atoms with Crippen molar-refractivity contribution in [1.29, 1.82) is 0 Å². The van der Waals surface area contributed by atoms with E-state index in [1.54, 1.807) is 6.07 Å². The smallest absolute Gasteiger partial charge is 0.275 e. The molecule has 0 unspecified atom stereocenters. The Bertz CT molecular complexity index is 482. The fourth-order valence-corrected chi connectivity index (χ4v) is 2.78. The van der Waals surface area contributed by atoms with Crippen molar-refractivity contribution in [3.63, 3.8) is 0 Å². The van der Waals surface area contributed by atoms with Crippen molar-refractivity contribution < 1.29 is 9.66 Å². The van der Waals surface area contributed by atoms with Crippen molar-refractivity contribution >= 4 is 11.4 Å². The lowest BCUT2D eigenvalue weighted by atomic mass is 9.89. The highest BCUT2D eigenvalue weighted by atomic mass is 16.6. The normalized spacial score (nSPS) is 16.0. The highest BCUT2D eigenvalue weighted by Crippen LogP contribution is 2.28. The summed E-state index contributed by atoms with van der Waals surface area (Å²) in [6.07, 6.45) is 6.42. The number of nitro groups is 1. The number of nitrogens with zero attached hydrogens (tertiary/aromatic N) is 1. The van der Waals surface area contributed by atoms with E-state index in [0.29, 0.717) is 11.7 Å². The average molecular weight is 292 g/mol. The summed E-state index contributed by atoms with van der Waals surface area (Å²) in [6, 6.07) is 4.90. The van der Waals surface area contributed by atoms with Crippen molar-refractivity contribution in [3.05, 3.63) is 28.3 Å². The summed E-state index contributed by atoms with van der Waals surface area (Å²) in [5, 5.41) is 14.4. The molecule has 1 aliphatic carbocycles. The first-order valence-electron chi connectivity index (χ1n) is 7.74. The van der Waals surface area contributed by atoms with Gasteiger partial charge in [-0.3, -0.25) is 10.1 Å². The number of hydrogen-bond donors (Lipinski definition) is 1. The molecule has 0 radical (unpaired) electrons. The predicted molar refractivity (Wildman–Crippen MR) is 83.9 cm³/mol.